The Morgan fingerprint density at radius 1 is 1.11 bits per heavy atom. The minimum absolute atomic E-state index is 0.0493. The summed E-state index contributed by atoms with van der Waals surface area (Å²) in [6.07, 6.45) is 9.40. The highest BCUT2D eigenvalue weighted by atomic mass is 35.5. The lowest BCUT2D eigenvalue weighted by molar-refractivity contribution is -0.142. The second kappa shape index (κ2) is 7.75. The summed E-state index contributed by atoms with van der Waals surface area (Å²) >= 11 is 6.37. The number of carboxylic acids is 1. The van der Waals surface area contributed by atoms with Gasteiger partial charge in [-0.15, -0.1) is 0 Å². The van der Waals surface area contributed by atoms with Crippen molar-refractivity contribution >= 4 is 23.5 Å². The van der Waals surface area contributed by atoms with Crippen molar-refractivity contribution in [3.8, 4) is 0 Å². The summed E-state index contributed by atoms with van der Waals surface area (Å²) in [5.74, 6) is -0.598. The van der Waals surface area contributed by atoms with E-state index in [-0.39, 0.29) is 11.8 Å². The monoisotopic (exact) mass is 399 g/mol. The van der Waals surface area contributed by atoms with Gasteiger partial charge < -0.3 is 5.11 Å². The highest BCUT2D eigenvalue weighted by molar-refractivity contribution is 6.34. The van der Waals surface area contributed by atoms with Gasteiger partial charge in [-0.05, 0) is 87.0 Å². The van der Waals surface area contributed by atoms with E-state index in [0.29, 0.717) is 16.5 Å². The Morgan fingerprint density at radius 3 is 2.50 bits per heavy atom. The Labute approximate surface area is 170 Å². The summed E-state index contributed by atoms with van der Waals surface area (Å²) < 4.78 is 1.83. The van der Waals surface area contributed by atoms with E-state index in [0.717, 1.165) is 62.6 Å². The van der Waals surface area contributed by atoms with Crippen LogP contribution in [0.4, 0.5) is 0 Å². The fourth-order valence-electron chi connectivity index (χ4n) is 4.97. The zero-order chi connectivity index (χ0) is 19.8. The lowest BCUT2D eigenvalue weighted by Gasteiger charge is -2.27. The Balaban J connectivity index is 1.70. The maximum absolute atomic E-state index is 13.4. The van der Waals surface area contributed by atoms with Gasteiger partial charge >= 0.3 is 5.97 Å². The van der Waals surface area contributed by atoms with Crippen molar-refractivity contribution in [3.63, 3.8) is 0 Å². The first kappa shape index (κ1) is 19.3. The van der Waals surface area contributed by atoms with Crippen LogP contribution in [0.2, 0.25) is 5.02 Å². The van der Waals surface area contributed by atoms with Crippen molar-refractivity contribution in [1.29, 1.82) is 0 Å². The van der Waals surface area contributed by atoms with Gasteiger partial charge in [0.2, 0.25) is 0 Å². The standard InChI is InChI=1S/C23H26ClNO3/c1-14-5-4-7-19(24)21(14)22(26)25-13-18(17-6-2-3-8-20(17)25)15-9-11-16(12-10-15)23(27)28/h4-5,7,13,15-16H,2-3,6,8-12H2,1H3,(H,27,28). The highest BCUT2D eigenvalue weighted by Gasteiger charge is 2.32. The number of aliphatic carboxylic acids is 1. The van der Waals surface area contributed by atoms with E-state index in [4.69, 9.17) is 11.6 Å². The summed E-state index contributed by atoms with van der Waals surface area (Å²) in [5.41, 5.74) is 5.18. The lowest BCUT2D eigenvalue weighted by Crippen LogP contribution is -2.21. The van der Waals surface area contributed by atoms with Gasteiger partial charge in [-0.2, -0.15) is 0 Å². The number of rotatable bonds is 3. The third-order valence-electron chi connectivity index (χ3n) is 6.52. The van der Waals surface area contributed by atoms with Crippen molar-refractivity contribution in [2.45, 2.75) is 64.2 Å². The van der Waals surface area contributed by atoms with Crippen LogP contribution in [0.1, 0.15) is 77.2 Å². The minimum atomic E-state index is -0.678. The molecular formula is C23H26ClNO3. The second-order valence-electron chi connectivity index (χ2n) is 8.21. The van der Waals surface area contributed by atoms with Crippen LogP contribution in [0.25, 0.3) is 0 Å². The first-order chi connectivity index (χ1) is 13.5. The van der Waals surface area contributed by atoms with Gasteiger partial charge in [-0.1, -0.05) is 23.7 Å². The van der Waals surface area contributed by atoms with Crippen LogP contribution in [-0.2, 0) is 17.6 Å². The maximum atomic E-state index is 13.4. The number of aromatic nitrogens is 1. The molecule has 0 spiro atoms. The molecule has 0 radical (unpaired) electrons. The molecule has 2 aliphatic carbocycles. The molecule has 0 bridgehead atoms. The van der Waals surface area contributed by atoms with Gasteiger partial charge in [-0.25, -0.2) is 0 Å². The molecule has 2 aromatic rings. The highest BCUT2D eigenvalue weighted by Crippen LogP contribution is 2.41. The fraction of sp³-hybridized carbons (Fsp3) is 0.478. The first-order valence-corrected chi connectivity index (χ1v) is 10.6. The molecule has 5 heteroatoms. The summed E-state index contributed by atoms with van der Waals surface area (Å²) in [6, 6.07) is 5.56. The topological polar surface area (TPSA) is 59.3 Å². The number of hydrogen-bond acceptors (Lipinski definition) is 2. The zero-order valence-electron chi connectivity index (χ0n) is 16.2. The van der Waals surface area contributed by atoms with E-state index in [1.54, 1.807) is 6.07 Å². The predicted molar refractivity (Wildman–Crippen MR) is 109 cm³/mol. The third-order valence-corrected chi connectivity index (χ3v) is 6.83. The fourth-order valence-corrected chi connectivity index (χ4v) is 5.27. The number of fused-ring (bicyclic) bond motifs is 1. The Kier molecular flexibility index (Phi) is 5.33. The molecule has 4 rings (SSSR count). The molecule has 1 saturated carbocycles. The first-order valence-electron chi connectivity index (χ1n) is 10.2. The zero-order valence-corrected chi connectivity index (χ0v) is 17.0. The minimum Gasteiger partial charge on any atom is -0.481 e. The van der Waals surface area contributed by atoms with Gasteiger partial charge in [0.1, 0.15) is 0 Å². The number of carboxylic acid groups (broad SMARTS) is 1. The SMILES string of the molecule is Cc1cccc(Cl)c1C(=O)n1cc(C2CCC(C(=O)O)CC2)c2c1CCCC2. The number of carbonyl (C=O) groups excluding carboxylic acids is 1. The van der Waals surface area contributed by atoms with Crippen molar-refractivity contribution in [3.05, 3.63) is 57.4 Å². The molecule has 0 aliphatic heterocycles. The molecule has 0 amide bonds. The van der Waals surface area contributed by atoms with Gasteiger partial charge in [0.05, 0.1) is 16.5 Å². The normalized spacial score (nSPS) is 21.9. The second-order valence-corrected chi connectivity index (χ2v) is 8.62. The Bertz CT molecular complexity index is 902. The molecule has 1 aromatic carbocycles. The molecule has 1 aromatic heterocycles. The average molecular weight is 400 g/mol. The molecule has 0 unspecified atom stereocenters. The third kappa shape index (κ3) is 3.39. The molecule has 0 saturated heterocycles. The number of halogens is 1. The van der Waals surface area contributed by atoms with Gasteiger partial charge in [0.15, 0.2) is 0 Å². The molecule has 4 nitrogen and oxygen atoms in total. The predicted octanol–water partition coefficient (Wildman–Crippen LogP) is 5.38. The maximum Gasteiger partial charge on any atom is 0.306 e. The van der Waals surface area contributed by atoms with Crippen molar-refractivity contribution in [1.82, 2.24) is 4.57 Å². The molecule has 1 N–H and O–H groups in total. The van der Waals surface area contributed by atoms with Crippen LogP contribution in [0, 0.1) is 12.8 Å². The molecule has 1 heterocycles. The molecule has 0 atom stereocenters. The number of aryl methyl sites for hydroxylation is 1. The Morgan fingerprint density at radius 2 is 1.82 bits per heavy atom. The average Bonchev–Trinajstić information content (AvgIpc) is 3.07. The Hall–Kier alpha value is -2.07. The van der Waals surface area contributed by atoms with Crippen LogP contribution >= 0.6 is 11.6 Å². The largest absolute Gasteiger partial charge is 0.481 e. The molecule has 148 valence electrons. The molecule has 28 heavy (non-hydrogen) atoms. The molecular weight excluding hydrogens is 374 g/mol. The summed E-state index contributed by atoms with van der Waals surface area (Å²) in [5, 5.41) is 9.77. The van der Waals surface area contributed by atoms with E-state index in [1.807, 2.05) is 29.8 Å². The lowest BCUT2D eigenvalue weighted by atomic mass is 9.77. The number of nitrogens with zero attached hydrogens (tertiary/aromatic N) is 1. The summed E-state index contributed by atoms with van der Waals surface area (Å²) in [7, 11) is 0. The van der Waals surface area contributed by atoms with Crippen molar-refractivity contribution < 1.29 is 14.7 Å². The van der Waals surface area contributed by atoms with Crippen LogP contribution in [0.3, 0.4) is 0 Å². The quantitative estimate of drug-likeness (QED) is 0.754. The van der Waals surface area contributed by atoms with Gasteiger partial charge in [0.25, 0.3) is 5.91 Å². The van der Waals surface area contributed by atoms with Gasteiger partial charge in [0, 0.05) is 11.9 Å². The van der Waals surface area contributed by atoms with E-state index in [9.17, 15) is 14.7 Å². The number of benzene rings is 1. The number of carbonyl (C=O) groups is 2. The summed E-state index contributed by atoms with van der Waals surface area (Å²) in [6.45, 7) is 1.92. The van der Waals surface area contributed by atoms with E-state index in [2.05, 4.69) is 0 Å². The van der Waals surface area contributed by atoms with Crippen molar-refractivity contribution in [2.24, 2.45) is 5.92 Å². The number of hydrogen-bond donors (Lipinski definition) is 1. The van der Waals surface area contributed by atoms with E-state index in [1.165, 1.54) is 11.1 Å². The van der Waals surface area contributed by atoms with E-state index < -0.39 is 5.97 Å². The molecule has 2 aliphatic rings. The van der Waals surface area contributed by atoms with Crippen LogP contribution in [-0.4, -0.2) is 21.6 Å². The van der Waals surface area contributed by atoms with Crippen LogP contribution in [0.15, 0.2) is 24.4 Å². The van der Waals surface area contributed by atoms with Gasteiger partial charge in [-0.3, -0.25) is 14.2 Å². The van der Waals surface area contributed by atoms with E-state index >= 15 is 0 Å². The van der Waals surface area contributed by atoms with Crippen LogP contribution < -0.4 is 0 Å². The van der Waals surface area contributed by atoms with Crippen molar-refractivity contribution in [2.75, 3.05) is 0 Å². The molecule has 1 fully saturated rings. The smallest absolute Gasteiger partial charge is 0.306 e. The van der Waals surface area contributed by atoms with Crippen LogP contribution in [0.5, 0.6) is 0 Å². The summed E-state index contributed by atoms with van der Waals surface area (Å²) in [4.78, 5) is 24.7.